The molecule has 18 nitrogen and oxygen atoms in total. The number of rotatable bonds is 16. The van der Waals surface area contributed by atoms with E-state index >= 15 is 0 Å². The molecular weight excluding hydrogens is 642 g/mol. The monoisotopic (exact) mass is 687 g/mol. The second kappa shape index (κ2) is 16.5. The van der Waals surface area contributed by atoms with E-state index in [1.807, 2.05) is 0 Å². The largest absolute Gasteiger partial charge is 0.465 e. The van der Waals surface area contributed by atoms with Gasteiger partial charge in [-0.2, -0.15) is 0 Å². The van der Waals surface area contributed by atoms with E-state index in [4.69, 9.17) is 15.4 Å². The van der Waals surface area contributed by atoms with Gasteiger partial charge in [0.1, 0.15) is 23.9 Å². The first kappa shape index (κ1) is 37.0. The van der Waals surface area contributed by atoms with Gasteiger partial charge >= 0.3 is 6.09 Å². The Kier molecular flexibility index (Phi) is 12.4. The van der Waals surface area contributed by atoms with Crippen LogP contribution in [-0.4, -0.2) is 102 Å². The van der Waals surface area contributed by atoms with Crippen molar-refractivity contribution in [2.75, 3.05) is 13.1 Å². The minimum Gasteiger partial charge on any atom is -0.465 e. The summed E-state index contributed by atoms with van der Waals surface area (Å²) >= 11 is 0. The molecule has 2 unspecified atom stereocenters. The summed E-state index contributed by atoms with van der Waals surface area (Å²) in [5.74, 6) is -3.97. The van der Waals surface area contributed by atoms with E-state index in [9.17, 15) is 33.9 Å². The Morgan fingerprint density at radius 1 is 1.06 bits per heavy atom. The lowest BCUT2D eigenvalue weighted by Crippen LogP contribution is -2.56. The number of hydrogen-bond donors (Lipinski definition) is 6. The summed E-state index contributed by atoms with van der Waals surface area (Å²) in [6.07, 6.45) is 8.34. The molecule has 2 aromatic heterocycles. The number of nitrogens with one attached hydrogen (secondary N) is 3. The molecule has 0 aromatic carbocycles. The van der Waals surface area contributed by atoms with Crippen molar-refractivity contribution in [3.8, 4) is 0 Å². The van der Waals surface area contributed by atoms with Crippen molar-refractivity contribution in [3.63, 3.8) is 0 Å². The molecule has 268 valence electrons. The summed E-state index contributed by atoms with van der Waals surface area (Å²) < 4.78 is 6.27. The Hall–Kier alpha value is -4.87. The van der Waals surface area contributed by atoms with Crippen LogP contribution in [0.15, 0.2) is 23.2 Å². The zero-order chi connectivity index (χ0) is 35.7. The van der Waals surface area contributed by atoms with Crippen LogP contribution >= 0.6 is 0 Å². The lowest BCUT2D eigenvalue weighted by atomic mass is 9.84. The fourth-order valence-corrected chi connectivity index (χ4v) is 6.55. The average molecular weight is 688 g/mol. The van der Waals surface area contributed by atoms with Crippen LogP contribution in [0.3, 0.4) is 0 Å². The second-order valence-electron chi connectivity index (χ2n) is 13.2. The maximum atomic E-state index is 14.5. The quantitative estimate of drug-likeness (QED) is 0.103. The molecule has 1 aliphatic heterocycles. The highest BCUT2D eigenvalue weighted by Gasteiger charge is 2.45. The Bertz CT molecular complexity index is 1480. The third kappa shape index (κ3) is 9.84. The van der Waals surface area contributed by atoms with Gasteiger partial charge < -0.3 is 41.3 Å². The number of hydrogen-bond acceptors (Lipinski definition) is 11. The predicted molar refractivity (Wildman–Crippen MR) is 169 cm³/mol. The predicted octanol–water partition coefficient (Wildman–Crippen LogP) is 0.382. The number of primary amides is 1. The Morgan fingerprint density at radius 2 is 1.80 bits per heavy atom. The van der Waals surface area contributed by atoms with Gasteiger partial charge in [0, 0.05) is 19.5 Å². The van der Waals surface area contributed by atoms with Crippen molar-refractivity contribution >= 4 is 35.5 Å². The normalized spacial score (nSPS) is 19.5. The van der Waals surface area contributed by atoms with Crippen LogP contribution in [0.25, 0.3) is 0 Å². The van der Waals surface area contributed by atoms with E-state index < -0.39 is 65.3 Å². The lowest BCUT2D eigenvalue weighted by molar-refractivity contribution is -0.142. The molecule has 18 heteroatoms. The number of unbranched alkanes of at least 4 members (excludes halogenated alkanes) is 1. The maximum absolute atomic E-state index is 14.5. The summed E-state index contributed by atoms with van der Waals surface area (Å²) in [5.41, 5.74) is 4.40. The number of aliphatic hydroxyl groups is 1. The van der Waals surface area contributed by atoms with E-state index in [2.05, 4.69) is 31.4 Å². The molecule has 2 aromatic rings. The first-order chi connectivity index (χ1) is 23.3. The zero-order valence-corrected chi connectivity index (χ0v) is 27.7. The molecule has 3 heterocycles. The van der Waals surface area contributed by atoms with Gasteiger partial charge in [-0.3, -0.25) is 24.0 Å². The number of ketones is 1. The summed E-state index contributed by atoms with van der Waals surface area (Å²) in [4.78, 5) is 78.3. The molecule has 1 aliphatic carbocycles. The zero-order valence-electron chi connectivity index (χ0n) is 27.7. The van der Waals surface area contributed by atoms with Gasteiger partial charge in [-0.15, -0.1) is 5.10 Å². The molecule has 0 spiro atoms. The van der Waals surface area contributed by atoms with Crippen molar-refractivity contribution in [2.24, 2.45) is 11.7 Å². The number of Topliss-reactive ketones (excluding diaryl/α,β-unsaturated/α-hetero) is 1. The first-order valence-electron chi connectivity index (χ1n) is 16.5. The van der Waals surface area contributed by atoms with Crippen LogP contribution in [0.1, 0.15) is 100 Å². The molecule has 7 N–H and O–H groups in total. The molecule has 1 saturated carbocycles. The van der Waals surface area contributed by atoms with Crippen molar-refractivity contribution in [2.45, 2.75) is 108 Å². The number of carbonyl (C=O) groups excluding carboxylic acids is 5. The fourth-order valence-electron chi connectivity index (χ4n) is 6.55. The Morgan fingerprint density at radius 3 is 2.43 bits per heavy atom. The van der Waals surface area contributed by atoms with Crippen molar-refractivity contribution in [1.29, 1.82) is 0 Å². The first-order valence-corrected chi connectivity index (χ1v) is 16.5. The highest BCUT2D eigenvalue weighted by molar-refractivity contribution is 6.37. The highest BCUT2D eigenvalue weighted by atomic mass is 16.5. The van der Waals surface area contributed by atoms with Crippen LogP contribution in [0, 0.1) is 5.92 Å². The maximum Gasteiger partial charge on any atom is 0.404 e. The molecule has 0 bridgehead atoms. The van der Waals surface area contributed by atoms with Gasteiger partial charge in [0.15, 0.2) is 0 Å². The van der Waals surface area contributed by atoms with Crippen LogP contribution in [0.2, 0.25) is 0 Å². The van der Waals surface area contributed by atoms with Crippen LogP contribution in [0.5, 0.6) is 0 Å². The molecule has 1 saturated heterocycles. The van der Waals surface area contributed by atoms with E-state index in [0.29, 0.717) is 18.5 Å². The number of nitrogens with zero attached hydrogens (tertiary/aromatic N) is 5. The molecule has 0 radical (unpaired) electrons. The van der Waals surface area contributed by atoms with Crippen molar-refractivity contribution < 1.29 is 43.5 Å². The van der Waals surface area contributed by atoms with E-state index in [0.717, 1.165) is 38.4 Å². The number of amides is 5. The molecule has 2 fully saturated rings. The number of aromatic nitrogens is 4. The summed E-state index contributed by atoms with van der Waals surface area (Å²) in [6, 6.07) is -4.14. The molecular formula is C31H45N9O9. The van der Waals surface area contributed by atoms with Gasteiger partial charge in [0.25, 0.3) is 11.8 Å². The number of nitrogens with two attached hydrogens (primary N) is 1. The van der Waals surface area contributed by atoms with Gasteiger partial charge in [0.2, 0.25) is 17.6 Å². The van der Waals surface area contributed by atoms with Gasteiger partial charge in [-0.1, -0.05) is 42.5 Å². The standard InChI is InChI=1S/C31H45N9O9/c1-31(2,48)24-15-34-38-40(24)20-13-23(28(44)36-21(25(41)26(32)42)10-6-7-11-33-30(46)47)39(16-20)29(45)22(12-18-8-4-3-5-9-18)37-27(43)19-14-35-49-17-19/h14-15,17-18,20-23,33,48H,3-13,16H2,1-2H3,(H2,32,42)(H,36,44)(H,37,43)(H,46,47)/t20-,21?,22?,23-/m0/s1. The minimum absolute atomic E-state index is 0.00999. The minimum atomic E-state index is -1.36. The van der Waals surface area contributed by atoms with Crippen molar-refractivity contribution in [1.82, 2.24) is 41.0 Å². The summed E-state index contributed by atoms with van der Waals surface area (Å²) in [6.45, 7) is 3.16. The summed E-state index contributed by atoms with van der Waals surface area (Å²) in [7, 11) is 0. The van der Waals surface area contributed by atoms with E-state index in [1.165, 1.54) is 22.0 Å². The highest BCUT2D eigenvalue weighted by Crippen LogP contribution is 2.33. The van der Waals surface area contributed by atoms with Crippen LogP contribution in [-0.2, 0) is 24.8 Å². The van der Waals surface area contributed by atoms with E-state index in [1.54, 1.807) is 13.8 Å². The Balaban J connectivity index is 1.62. The molecule has 2 aliphatic rings. The lowest BCUT2D eigenvalue weighted by Gasteiger charge is -2.32. The third-order valence-electron chi connectivity index (χ3n) is 9.08. The van der Waals surface area contributed by atoms with Crippen LogP contribution < -0.4 is 21.7 Å². The SMILES string of the molecule is CC(C)(O)c1cnnn1[C@H]1C[C@@H](C(=O)NC(CCCCNC(=O)O)C(=O)C(N)=O)N(C(=O)C(CC2CCCCC2)NC(=O)c2cnoc2)C1. The molecule has 4 atom stereocenters. The second-order valence-corrected chi connectivity index (χ2v) is 13.2. The third-order valence-corrected chi connectivity index (χ3v) is 9.08. The topological polar surface area (TPSA) is 265 Å². The van der Waals surface area contributed by atoms with Crippen molar-refractivity contribution in [3.05, 3.63) is 29.9 Å². The molecule has 49 heavy (non-hydrogen) atoms. The number of likely N-dealkylation sites (tertiary alicyclic amines) is 1. The van der Waals surface area contributed by atoms with Gasteiger partial charge in [-0.05, 0) is 45.4 Å². The molecule has 5 amide bonds. The van der Waals surface area contributed by atoms with Gasteiger partial charge in [-0.25, -0.2) is 9.48 Å². The summed E-state index contributed by atoms with van der Waals surface area (Å²) in [5, 5.41) is 38.8. The number of carboxylic acid groups (broad SMARTS) is 1. The average Bonchev–Trinajstić information content (AvgIpc) is 3.84. The van der Waals surface area contributed by atoms with Gasteiger partial charge in [0.05, 0.1) is 35.7 Å². The smallest absolute Gasteiger partial charge is 0.404 e. The fraction of sp³-hybridized carbons (Fsp3) is 0.645. The van der Waals surface area contributed by atoms with E-state index in [-0.39, 0.29) is 43.8 Å². The van der Waals surface area contributed by atoms with Crippen LogP contribution in [0.4, 0.5) is 4.79 Å². The molecule has 4 rings (SSSR count). The number of carbonyl (C=O) groups is 6. The Labute approximate surface area is 282 Å².